The summed E-state index contributed by atoms with van der Waals surface area (Å²) in [7, 11) is 0. The van der Waals surface area contributed by atoms with Gasteiger partial charge in [0.15, 0.2) is 0 Å². The van der Waals surface area contributed by atoms with E-state index in [9.17, 15) is 15.0 Å². The minimum atomic E-state index is -0.283. The molecule has 0 aliphatic heterocycles. The van der Waals surface area contributed by atoms with Gasteiger partial charge in [0.25, 0.3) is 5.91 Å². The molecule has 1 aromatic rings. The van der Waals surface area contributed by atoms with Crippen molar-refractivity contribution in [1.82, 2.24) is 5.32 Å². The Labute approximate surface area is 115 Å². The highest BCUT2D eigenvalue weighted by atomic mass is 79.9. The number of carbonyl (C=O) groups is 1. The zero-order valence-corrected chi connectivity index (χ0v) is 11.9. The van der Waals surface area contributed by atoms with Gasteiger partial charge in [-0.05, 0) is 24.5 Å². The van der Waals surface area contributed by atoms with Crippen LogP contribution < -0.4 is 5.32 Å². The summed E-state index contributed by atoms with van der Waals surface area (Å²) in [4.78, 5) is 11.8. The number of phenolic OH excluding ortho intramolecular Hbond substituents is 2. The van der Waals surface area contributed by atoms with Gasteiger partial charge in [-0.25, -0.2) is 0 Å². The minimum Gasteiger partial charge on any atom is -0.508 e. The third kappa shape index (κ3) is 4.56. The van der Waals surface area contributed by atoms with Gasteiger partial charge in [0.1, 0.15) is 11.5 Å². The average molecular weight is 316 g/mol. The molecule has 5 heteroatoms. The second-order valence-corrected chi connectivity index (χ2v) is 4.99. The monoisotopic (exact) mass is 315 g/mol. The predicted octanol–water partition coefficient (Wildman–Crippen LogP) is 2.64. The molecule has 100 valence electrons. The summed E-state index contributed by atoms with van der Waals surface area (Å²) in [6.45, 7) is 2.68. The summed E-state index contributed by atoms with van der Waals surface area (Å²) < 4.78 is 0. The van der Waals surface area contributed by atoms with E-state index >= 15 is 0 Å². The molecule has 0 saturated carbocycles. The summed E-state index contributed by atoms with van der Waals surface area (Å²) >= 11 is 3.38. The van der Waals surface area contributed by atoms with E-state index in [-0.39, 0.29) is 23.0 Å². The largest absolute Gasteiger partial charge is 0.508 e. The number of aromatic hydroxyl groups is 2. The van der Waals surface area contributed by atoms with Gasteiger partial charge in [0, 0.05) is 23.5 Å². The van der Waals surface area contributed by atoms with Crippen LogP contribution in [0.5, 0.6) is 11.5 Å². The molecule has 1 rings (SSSR count). The van der Waals surface area contributed by atoms with Crippen molar-refractivity contribution in [1.29, 1.82) is 0 Å². The van der Waals surface area contributed by atoms with Gasteiger partial charge >= 0.3 is 0 Å². The van der Waals surface area contributed by atoms with Crippen molar-refractivity contribution in [3.63, 3.8) is 0 Å². The minimum absolute atomic E-state index is 0.118. The van der Waals surface area contributed by atoms with E-state index in [1.807, 2.05) is 0 Å². The maximum atomic E-state index is 11.8. The molecule has 1 amide bonds. The summed E-state index contributed by atoms with van der Waals surface area (Å²) in [5, 5.41) is 22.3. The van der Waals surface area contributed by atoms with E-state index < -0.39 is 0 Å². The topological polar surface area (TPSA) is 69.6 Å². The standard InChI is InChI=1S/C13H18BrNO3/c1-2-9(3-4-14)8-15-13(18)10-5-11(16)7-12(17)6-10/h5-7,9,16-17H,2-4,8H2,1H3,(H,15,18). The van der Waals surface area contributed by atoms with Crippen molar-refractivity contribution in [2.24, 2.45) is 5.92 Å². The number of alkyl halides is 1. The maximum absolute atomic E-state index is 11.8. The third-order valence-corrected chi connectivity index (χ3v) is 3.27. The summed E-state index contributed by atoms with van der Waals surface area (Å²) in [6.07, 6.45) is 2.00. The van der Waals surface area contributed by atoms with E-state index in [0.29, 0.717) is 12.5 Å². The Hall–Kier alpha value is -1.23. The molecule has 0 spiro atoms. The molecule has 1 unspecified atom stereocenters. The van der Waals surface area contributed by atoms with Crippen LogP contribution in [0.2, 0.25) is 0 Å². The number of amides is 1. The van der Waals surface area contributed by atoms with Crippen molar-refractivity contribution in [2.75, 3.05) is 11.9 Å². The Bertz CT molecular complexity index is 389. The molecular formula is C13H18BrNO3. The lowest BCUT2D eigenvalue weighted by Crippen LogP contribution is -2.29. The Morgan fingerprint density at radius 1 is 1.33 bits per heavy atom. The zero-order chi connectivity index (χ0) is 13.5. The van der Waals surface area contributed by atoms with E-state index in [4.69, 9.17) is 0 Å². The summed E-state index contributed by atoms with van der Waals surface area (Å²) in [5.41, 5.74) is 0.265. The lowest BCUT2D eigenvalue weighted by Gasteiger charge is -2.14. The first kappa shape index (κ1) is 14.8. The van der Waals surface area contributed by atoms with Crippen LogP contribution in [0.3, 0.4) is 0 Å². The summed E-state index contributed by atoms with van der Waals surface area (Å²) in [6, 6.07) is 3.86. The van der Waals surface area contributed by atoms with Crippen molar-refractivity contribution in [3.05, 3.63) is 23.8 Å². The molecule has 0 saturated heterocycles. The van der Waals surface area contributed by atoms with Gasteiger partial charge in [0.2, 0.25) is 0 Å². The van der Waals surface area contributed by atoms with Gasteiger partial charge in [-0.3, -0.25) is 4.79 Å². The number of carbonyl (C=O) groups excluding carboxylic acids is 1. The third-order valence-electron chi connectivity index (χ3n) is 2.81. The van der Waals surface area contributed by atoms with Gasteiger partial charge in [-0.1, -0.05) is 29.3 Å². The normalized spacial score (nSPS) is 12.1. The first-order valence-electron chi connectivity index (χ1n) is 5.94. The molecule has 0 aliphatic rings. The number of phenols is 2. The molecular weight excluding hydrogens is 298 g/mol. The van der Waals surface area contributed by atoms with Crippen LogP contribution in [-0.2, 0) is 0 Å². The van der Waals surface area contributed by atoms with Crippen molar-refractivity contribution < 1.29 is 15.0 Å². The highest BCUT2D eigenvalue weighted by Gasteiger charge is 2.11. The quantitative estimate of drug-likeness (QED) is 0.707. The van der Waals surface area contributed by atoms with E-state index in [1.54, 1.807) is 0 Å². The Morgan fingerprint density at radius 2 is 1.94 bits per heavy atom. The molecule has 1 atom stereocenters. The first-order chi connectivity index (χ1) is 8.56. The van der Waals surface area contributed by atoms with Crippen LogP contribution >= 0.6 is 15.9 Å². The van der Waals surface area contributed by atoms with Crippen LogP contribution in [-0.4, -0.2) is 28.0 Å². The van der Waals surface area contributed by atoms with Gasteiger partial charge < -0.3 is 15.5 Å². The van der Waals surface area contributed by atoms with E-state index in [2.05, 4.69) is 28.2 Å². The number of nitrogens with one attached hydrogen (secondary N) is 1. The highest BCUT2D eigenvalue weighted by Crippen LogP contribution is 2.20. The van der Waals surface area contributed by atoms with Crippen molar-refractivity contribution >= 4 is 21.8 Å². The SMILES string of the molecule is CCC(CCBr)CNC(=O)c1cc(O)cc(O)c1. The number of hydrogen-bond acceptors (Lipinski definition) is 3. The van der Waals surface area contributed by atoms with Gasteiger partial charge in [-0.15, -0.1) is 0 Å². The van der Waals surface area contributed by atoms with E-state index in [1.165, 1.54) is 18.2 Å². The highest BCUT2D eigenvalue weighted by molar-refractivity contribution is 9.09. The molecule has 0 bridgehead atoms. The number of halogens is 1. The second-order valence-electron chi connectivity index (χ2n) is 4.20. The van der Waals surface area contributed by atoms with Crippen LogP contribution in [0.1, 0.15) is 30.1 Å². The molecule has 0 aliphatic carbocycles. The maximum Gasteiger partial charge on any atom is 0.251 e. The lowest BCUT2D eigenvalue weighted by atomic mass is 10.0. The van der Waals surface area contributed by atoms with E-state index in [0.717, 1.165) is 18.2 Å². The fourth-order valence-corrected chi connectivity index (χ4v) is 2.32. The fraction of sp³-hybridized carbons (Fsp3) is 0.462. The molecule has 0 aromatic heterocycles. The number of benzene rings is 1. The molecule has 4 nitrogen and oxygen atoms in total. The Morgan fingerprint density at radius 3 is 2.44 bits per heavy atom. The molecule has 0 radical (unpaired) electrons. The number of rotatable bonds is 6. The smallest absolute Gasteiger partial charge is 0.251 e. The first-order valence-corrected chi connectivity index (χ1v) is 7.06. The fourth-order valence-electron chi connectivity index (χ4n) is 1.67. The molecule has 1 aromatic carbocycles. The molecule has 3 N–H and O–H groups in total. The van der Waals surface area contributed by atoms with Crippen LogP contribution in [0.25, 0.3) is 0 Å². The van der Waals surface area contributed by atoms with Crippen LogP contribution in [0, 0.1) is 5.92 Å². The van der Waals surface area contributed by atoms with Gasteiger partial charge in [0.05, 0.1) is 0 Å². The summed E-state index contributed by atoms with van der Waals surface area (Å²) in [5.74, 6) is -0.0891. The molecule has 18 heavy (non-hydrogen) atoms. The van der Waals surface area contributed by atoms with Crippen molar-refractivity contribution in [2.45, 2.75) is 19.8 Å². The Kier molecular flexibility index (Phi) is 5.98. The number of hydrogen-bond donors (Lipinski definition) is 3. The molecule has 0 heterocycles. The van der Waals surface area contributed by atoms with Gasteiger partial charge in [-0.2, -0.15) is 0 Å². The van der Waals surface area contributed by atoms with Crippen LogP contribution in [0.15, 0.2) is 18.2 Å². The second kappa shape index (κ2) is 7.26. The zero-order valence-electron chi connectivity index (χ0n) is 10.3. The predicted molar refractivity (Wildman–Crippen MR) is 74.3 cm³/mol. The average Bonchev–Trinajstić information content (AvgIpc) is 2.32. The molecule has 0 fully saturated rings. The lowest BCUT2D eigenvalue weighted by molar-refractivity contribution is 0.0945. The van der Waals surface area contributed by atoms with Crippen molar-refractivity contribution in [3.8, 4) is 11.5 Å². The van der Waals surface area contributed by atoms with Crippen LogP contribution in [0.4, 0.5) is 0 Å². The Balaban J connectivity index is 2.59.